The summed E-state index contributed by atoms with van der Waals surface area (Å²) in [5, 5.41) is 7.43. The molecule has 30 heavy (non-hydrogen) atoms. The molecular formula is C22H34IN5O2. The quantitative estimate of drug-likeness (QED) is 0.320. The average molecular weight is 527 g/mol. The van der Waals surface area contributed by atoms with E-state index in [0.717, 1.165) is 62.4 Å². The van der Waals surface area contributed by atoms with Gasteiger partial charge in [0, 0.05) is 52.4 Å². The molecule has 0 bridgehead atoms. The van der Waals surface area contributed by atoms with Gasteiger partial charge in [-0.25, -0.2) is 0 Å². The average Bonchev–Trinajstić information content (AvgIpc) is 3.25. The highest BCUT2D eigenvalue weighted by atomic mass is 127. The Kier molecular flexibility index (Phi) is 10.6. The van der Waals surface area contributed by atoms with Crippen molar-refractivity contribution in [2.24, 2.45) is 10.9 Å². The molecule has 2 heterocycles. The maximum absolute atomic E-state index is 5.45. The van der Waals surface area contributed by atoms with E-state index in [4.69, 9.17) is 9.26 Å². The summed E-state index contributed by atoms with van der Waals surface area (Å²) in [4.78, 5) is 11.0. The maximum atomic E-state index is 5.45. The lowest BCUT2D eigenvalue weighted by atomic mass is 9.96. The number of halogens is 1. The Morgan fingerprint density at radius 3 is 2.60 bits per heavy atom. The van der Waals surface area contributed by atoms with Crippen LogP contribution in [-0.2, 0) is 17.6 Å². The first kappa shape index (κ1) is 24.6. The minimum atomic E-state index is 0. The third-order valence-corrected chi connectivity index (χ3v) is 5.47. The summed E-state index contributed by atoms with van der Waals surface area (Å²) in [6.07, 6.45) is 5.26. The van der Waals surface area contributed by atoms with Crippen LogP contribution in [0.15, 0.2) is 33.8 Å². The Morgan fingerprint density at radius 2 is 1.97 bits per heavy atom. The summed E-state index contributed by atoms with van der Waals surface area (Å²) in [7, 11) is 3.95. The molecule has 0 spiro atoms. The second-order valence-electron chi connectivity index (χ2n) is 7.56. The van der Waals surface area contributed by atoms with E-state index in [9.17, 15) is 0 Å². The van der Waals surface area contributed by atoms with Crippen LogP contribution in [0.1, 0.15) is 37.6 Å². The third-order valence-electron chi connectivity index (χ3n) is 5.47. The van der Waals surface area contributed by atoms with Crippen LogP contribution in [0.5, 0.6) is 0 Å². The van der Waals surface area contributed by atoms with Crippen LogP contribution in [0, 0.1) is 5.92 Å². The van der Waals surface area contributed by atoms with Crippen LogP contribution in [0.3, 0.4) is 0 Å². The molecule has 8 heteroatoms. The van der Waals surface area contributed by atoms with Crippen LogP contribution >= 0.6 is 24.0 Å². The van der Waals surface area contributed by atoms with E-state index in [0.29, 0.717) is 5.89 Å². The molecule has 1 aromatic heterocycles. The van der Waals surface area contributed by atoms with Crippen molar-refractivity contribution < 1.29 is 9.26 Å². The van der Waals surface area contributed by atoms with Crippen LogP contribution in [-0.4, -0.2) is 61.4 Å². The van der Waals surface area contributed by atoms with Crippen LogP contribution in [0.2, 0.25) is 0 Å². The lowest BCUT2D eigenvalue weighted by Crippen LogP contribution is -2.40. The number of aryl methyl sites for hydroxylation is 1. The normalized spacial score (nSPS) is 15.0. The molecule has 0 saturated carbocycles. The Labute approximate surface area is 196 Å². The molecule has 166 valence electrons. The zero-order valence-electron chi connectivity index (χ0n) is 18.3. The SMILES string of the molecule is CCc1noc(-c2ccc(CCNC(=NC)N(C)CCC3CCOCC3)cc2)n1.I. The second kappa shape index (κ2) is 12.9. The van der Waals surface area contributed by atoms with Gasteiger partial charge in [0.05, 0.1) is 0 Å². The molecule has 1 fully saturated rings. The molecule has 1 N–H and O–H groups in total. The molecule has 0 unspecified atom stereocenters. The zero-order valence-corrected chi connectivity index (χ0v) is 20.6. The number of benzene rings is 1. The van der Waals surface area contributed by atoms with Crippen molar-refractivity contribution in [1.82, 2.24) is 20.4 Å². The molecule has 0 atom stereocenters. The van der Waals surface area contributed by atoms with Crippen molar-refractivity contribution in [2.45, 2.75) is 39.0 Å². The van der Waals surface area contributed by atoms with Gasteiger partial charge in [-0.15, -0.1) is 24.0 Å². The van der Waals surface area contributed by atoms with Crippen molar-refractivity contribution in [3.8, 4) is 11.5 Å². The van der Waals surface area contributed by atoms with E-state index < -0.39 is 0 Å². The fourth-order valence-electron chi connectivity index (χ4n) is 3.55. The second-order valence-corrected chi connectivity index (χ2v) is 7.56. The summed E-state index contributed by atoms with van der Waals surface area (Å²) >= 11 is 0. The molecular weight excluding hydrogens is 493 g/mol. The van der Waals surface area contributed by atoms with E-state index in [1.54, 1.807) is 0 Å². The Bertz CT molecular complexity index is 772. The van der Waals surface area contributed by atoms with Crippen molar-refractivity contribution in [3.63, 3.8) is 0 Å². The number of hydrogen-bond donors (Lipinski definition) is 1. The van der Waals surface area contributed by atoms with Gasteiger partial charge in [0.1, 0.15) is 0 Å². The third kappa shape index (κ3) is 7.23. The van der Waals surface area contributed by atoms with Gasteiger partial charge in [-0.3, -0.25) is 4.99 Å². The van der Waals surface area contributed by atoms with Crippen molar-refractivity contribution in [3.05, 3.63) is 35.7 Å². The summed E-state index contributed by atoms with van der Waals surface area (Å²) in [6, 6.07) is 8.31. The fourth-order valence-corrected chi connectivity index (χ4v) is 3.55. The standard InChI is InChI=1S/C22H33N5O2.HI/c1-4-20-25-21(29-26-20)19-7-5-17(6-8-19)9-13-24-22(23-2)27(3)14-10-18-11-15-28-16-12-18;/h5-8,18H,4,9-16H2,1-3H3,(H,23,24);1H. The first-order valence-electron chi connectivity index (χ1n) is 10.6. The van der Waals surface area contributed by atoms with Crippen molar-refractivity contribution in [2.75, 3.05) is 40.4 Å². The van der Waals surface area contributed by atoms with E-state index in [1.807, 2.05) is 26.1 Å². The van der Waals surface area contributed by atoms with Gasteiger partial charge in [-0.05, 0) is 49.3 Å². The molecule has 1 aliphatic heterocycles. The monoisotopic (exact) mass is 527 g/mol. The zero-order chi connectivity index (χ0) is 20.5. The van der Waals surface area contributed by atoms with Crippen LogP contribution in [0.4, 0.5) is 0 Å². The lowest BCUT2D eigenvalue weighted by molar-refractivity contribution is 0.0625. The molecule has 1 aromatic carbocycles. The smallest absolute Gasteiger partial charge is 0.257 e. The molecule has 3 rings (SSSR count). The largest absolute Gasteiger partial charge is 0.381 e. The number of nitrogens with zero attached hydrogens (tertiary/aromatic N) is 4. The summed E-state index contributed by atoms with van der Waals surface area (Å²) in [5.74, 6) is 3.04. The number of ether oxygens (including phenoxy) is 1. The summed E-state index contributed by atoms with van der Waals surface area (Å²) < 4.78 is 10.7. The Hall–Kier alpha value is -1.68. The molecule has 0 aliphatic carbocycles. The molecule has 0 amide bonds. The van der Waals surface area contributed by atoms with Crippen molar-refractivity contribution in [1.29, 1.82) is 0 Å². The first-order valence-corrected chi connectivity index (χ1v) is 10.6. The van der Waals surface area contributed by atoms with E-state index in [-0.39, 0.29) is 24.0 Å². The van der Waals surface area contributed by atoms with Gasteiger partial charge in [0.25, 0.3) is 5.89 Å². The van der Waals surface area contributed by atoms with Gasteiger partial charge in [-0.2, -0.15) is 4.98 Å². The van der Waals surface area contributed by atoms with E-state index in [1.165, 1.54) is 24.8 Å². The van der Waals surface area contributed by atoms with Gasteiger partial charge in [0.15, 0.2) is 11.8 Å². The molecule has 1 saturated heterocycles. The van der Waals surface area contributed by atoms with Gasteiger partial charge < -0.3 is 19.5 Å². The molecule has 2 aromatic rings. The Morgan fingerprint density at radius 1 is 1.23 bits per heavy atom. The Balaban J connectivity index is 0.00000320. The van der Waals surface area contributed by atoms with Gasteiger partial charge in [0.2, 0.25) is 0 Å². The number of hydrogen-bond acceptors (Lipinski definition) is 5. The number of guanidine groups is 1. The predicted molar refractivity (Wildman–Crippen MR) is 130 cm³/mol. The van der Waals surface area contributed by atoms with E-state index in [2.05, 4.69) is 44.5 Å². The number of aromatic nitrogens is 2. The summed E-state index contributed by atoms with van der Waals surface area (Å²) in [5.41, 5.74) is 2.22. The van der Waals surface area contributed by atoms with Gasteiger partial charge >= 0.3 is 0 Å². The number of nitrogens with one attached hydrogen (secondary N) is 1. The van der Waals surface area contributed by atoms with Crippen LogP contribution < -0.4 is 5.32 Å². The molecule has 1 aliphatic rings. The van der Waals surface area contributed by atoms with Gasteiger partial charge in [-0.1, -0.05) is 24.2 Å². The highest BCUT2D eigenvalue weighted by molar-refractivity contribution is 14.0. The number of aliphatic imine (C=N–C) groups is 1. The minimum Gasteiger partial charge on any atom is -0.381 e. The summed E-state index contributed by atoms with van der Waals surface area (Å²) in [6.45, 7) is 5.69. The van der Waals surface area contributed by atoms with E-state index >= 15 is 0 Å². The minimum absolute atomic E-state index is 0. The fraction of sp³-hybridized carbons (Fsp3) is 0.591. The maximum Gasteiger partial charge on any atom is 0.257 e. The van der Waals surface area contributed by atoms with Crippen LogP contribution in [0.25, 0.3) is 11.5 Å². The first-order chi connectivity index (χ1) is 14.2. The predicted octanol–water partition coefficient (Wildman–Crippen LogP) is 3.78. The molecule has 0 radical (unpaired) electrons. The molecule has 7 nitrogen and oxygen atoms in total. The number of rotatable bonds is 8. The highest BCUT2D eigenvalue weighted by Crippen LogP contribution is 2.19. The topological polar surface area (TPSA) is 75.8 Å². The van der Waals surface area contributed by atoms with Crippen molar-refractivity contribution >= 4 is 29.9 Å². The lowest BCUT2D eigenvalue weighted by Gasteiger charge is -2.26. The highest BCUT2D eigenvalue weighted by Gasteiger charge is 2.15.